The molecule has 1 aromatic carbocycles. The van der Waals surface area contributed by atoms with E-state index in [2.05, 4.69) is 47.9 Å². The van der Waals surface area contributed by atoms with Gasteiger partial charge in [0.1, 0.15) is 0 Å². The van der Waals surface area contributed by atoms with E-state index in [0.29, 0.717) is 28.2 Å². The number of halogens is 1. The Balaban J connectivity index is 2.19. The zero-order valence-electron chi connectivity index (χ0n) is 19.6. The fourth-order valence-electron chi connectivity index (χ4n) is 4.43. The second-order valence-electron chi connectivity index (χ2n) is 8.28. The van der Waals surface area contributed by atoms with Crippen molar-refractivity contribution in [2.24, 2.45) is 0 Å². The summed E-state index contributed by atoms with van der Waals surface area (Å²) in [4.78, 5) is 29.3. The molecule has 1 aliphatic rings. The predicted octanol–water partition coefficient (Wildman–Crippen LogP) is 3.77. The molecule has 172 valence electrons. The minimum atomic E-state index is -0.287. The summed E-state index contributed by atoms with van der Waals surface area (Å²) in [6.07, 6.45) is 4.62. The van der Waals surface area contributed by atoms with Crippen LogP contribution < -0.4 is 15.5 Å². The molecule has 0 spiro atoms. The Hall–Kier alpha value is -2.05. The van der Waals surface area contributed by atoms with Crippen LogP contribution in [0.4, 0.5) is 5.69 Å². The van der Waals surface area contributed by atoms with Gasteiger partial charge in [0.05, 0.1) is 0 Å². The van der Waals surface area contributed by atoms with Gasteiger partial charge in [0, 0.05) is 54.1 Å². The van der Waals surface area contributed by atoms with Gasteiger partial charge in [0.2, 0.25) is 5.91 Å². The number of nitrogens with zero attached hydrogens (tertiary/aromatic N) is 2. The van der Waals surface area contributed by atoms with Crippen LogP contribution >= 0.6 is 11.6 Å². The molecule has 0 atom stereocenters. The maximum absolute atomic E-state index is 12.9. The molecule has 0 unspecified atom stereocenters. The van der Waals surface area contributed by atoms with Crippen molar-refractivity contribution in [3.05, 3.63) is 40.4 Å². The highest BCUT2D eigenvalue weighted by molar-refractivity contribution is 6.31. The van der Waals surface area contributed by atoms with Crippen LogP contribution in [0.5, 0.6) is 0 Å². The quantitative estimate of drug-likeness (QED) is 0.564. The zero-order chi connectivity index (χ0) is 23.1. The summed E-state index contributed by atoms with van der Waals surface area (Å²) in [7, 11) is 3.74. The number of carbonyl (C=O) groups is 2. The maximum atomic E-state index is 12.9. The van der Waals surface area contributed by atoms with Crippen LogP contribution in [-0.4, -0.2) is 62.5 Å². The monoisotopic (exact) mass is 448 g/mol. The molecule has 1 saturated carbocycles. The van der Waals surface area contributed by atoms with Gasteiger partial charge >= 0.3 is 0 Å². The first-order valence-corrected chi connectivity index (χ1v) is 11.6. The van der Waals surface area contributed by atoms with E-state index in [1.54, 1.807) is 6.07 Å². The van der Waals surface area contributed by atoms with E-state index in [1.807, 2.05) is 13.0 Å². The summed E-state index contributed by atoms with van der Waals surface area (Å²) >= 11 is 6.43. The average molecular weight is 449 g/mol. The molecule has 0 radical (unpaired) electrons. The number of amides is 2. The fourth-order valence-corrected chi connectivity index (χ4v) is 4.64. The molecule has 0 aliphatic heterocycles. The molecule has 1 fully saturated rings. The van der Waals surface area contributed by atoms with E-state index in [1.165, 1.54) is 19.9 Å². The lowest BCUT2D eigenvalue weighted by Crippen LogP contribution is -2.43. The summed E-state index contributed by atoms with van der Waals surface area (Å²) in [5, 5.41) is 5.83. The lowest BCUT2D eigenvalue weighted by atomic mass is 9.88. The molecule has 1 aromatic rings. The van der Waals surface area contributed by atoms with Crippen LogP contribution in [0.3, 0.4) is 0 Å². The highest BCUT2D eigenvalue weighted by Gasteiger charge is 2.28. The molecule has 7 heteroatoms. The predicted molar refractivity (Wildman–Crippen MR) is 129 cm³/mol. The van der Waals surface area contributed by atoms with E-state index in [-0.39, 0.29) is 18.4 Å². The van der Waals surface area contributed by atoms with Crippen molar-refractivity contribution in [1.82, 2.24) is 15.5 Å². The molecule has 0 saturated heterocycles. The number of benzene rings is 1. The first-order chi connectivity index (χ1) is 14.7. The van der Waals surface area contributed by atoms with Crippen molar-refractivity contribution in [3.8, 4) is 0 Å². The molecule has 2 amide bonds. The second kappa shape index (κ2) is 11.5. The van der Waals surface area contributed by atoms with Gasteiger partial charge in [-0.2, -0.15) is 0 Å². The average Bonchev–Trinajstić information content (AvgIpc) is 2.78. The third-order valence-corrected chi connectivity index (χ3v) is 6.70. The van der Waals surface area contributed by atoms with Crippen LogP contribution in [0.25, 0.3) is 0 Å². The Morgan fingerprint density at radius 2 is 1.74 bits per heavy atom. The van der Waals surface area contributed by atoms with Gasteiger partial charge in [0.15, 0.2) is 0 Å². The highest BCUT2D eigenvalue weighted by Crippen LogP contribution is 2.34. The van der Waals surface area contributed by atoms with Crippen LogP contribution in [-0.2, 0) is 4.79 Å². The summed E-state index contributed by atoms with van der Waals surface area (Å²) in [5.74, 6) is -0.541. The van der Waals surface area contributed by atoms with Crippen LogP contribution in [0.2, 0.25) is 5.02 Å². The topological polar surface area (TPSA) is 64.7 Å². The Labute approximate surface area is 192 Å². The molecule has 31 heavy (non-hydrogen) atoms. The molecular formula is C24H37ClN4O2. The first-order valence-electron chi connectivity index (χ1n) is 11.2. The molecule has 0 heterocycles. The van der Waals surface area contributed by atoms with Crippen molar-refractivity contribution in [1.29, 1.82) is 0 Å². The van der Waals surface area contributed by atoms with Gasteiger partial charge in [-0.1, -0.05) is 25.1 Å². The van der Waals surface area contributed by atoms with Gasteiger partial charge in [-0.15, -0.1) is 0 Å². The SMILES string of the molecule is C=C(CNC(=O)c1cc(Cl)cc(N(CC)C2CCC(N(C)CC)CC2)c1C)C(=O)NC. The summed E-state index contributed by atoms with van der Waals surface area (Å²) in [6.45, 7) is 12.1. The minimum Gasteiger partial charge on any atom is -0.369 e. The second-order valence-corrected chi connectivity index (χ2v) is 8.72. The van der Waals surface area contributed by atoms with Gasteiger partial charge in [0.25, 0.3) is 5.91 Å². The Kier molecular flexibility index (Phi) is 9.38. The summed E-state index contributed by atoms with van der Waals surface area (Å²) in [6, 6.07) is 4.74. The van der Waals surface area contributed by atoms with E-state index >= 15 is 0 Å². The Bertz CT molecular complexity index is 803. The van der Waals surface area contributed by atoms with Crippen molar-refractivity contribution >= 4 is 29.1 Å². The smallest absolute Gasteiger partial charge is 0.251 e. The molecule has 0 bridgehead atoms. The number of nitrogens with one attached hydrogen (secondary N) is 2. The lowest BCUT2D eigenvalue weighted by Gasteiger charge is -2.41. The number of hydrogen-bond donors (Lipinski definition) is 2. The van der Waals surface area contributed by atoms with Gasteiger partial charge in [-0.3, -0.25) is 9.59 Å². The number of likely N-dealkylation sites (N-methyl/N-ethyl adjacent to an activating group) is 1. The summed E-state index contributed by atoms with van der Waals surface area (Å²) < 4.78 is 0. The van der Waals surface area contributed by atoms with Gasteiger partial charge < -0.3 is 20.4 Å². The number of hydrogen-bond acceptors (Lipinski definition) is 4. The number of anilines is 1. The largest absolute Gasteiger partial charge is 0.369 e. The van der Waals surface area contributed by atoms with E-state index in [9.17, 15) is 9.59 Å². The molecule has 1 aliphatic carbocycles. The number of carbonyl (C=O) groups excluding carboxylic acids is 2. The number of rotatable bonds is 9. The van der Waals surface area contributed by atoms with Crippen molar-refractivity contribution in [3.63, 3.8) is 0 Å². The van der Waals surface area contributed by atoms with Crippen molar-refractivity contribution in [2.75, 3.05) is 38.6 Å². The van der Waals surface area contributed by atoms with Gasteiger partial charge in [-0.05, 0) is 70.8 Å². The fraction of sp³-hybridized carbons (Fsp3) is 0.583. The Morgan fingerprint density at radius 1 is 1.13 bits per heavy atom. The van der Waals surface area contributed by atoms with E-state index in [4.69, 9.17) is 11.6 Å². The minimum absolute atomic E-state index is 0.0895. The van der Waals surface area contributed by atoms with Gasteiger partial charge in [-0.25, -0.2) is 0 Å². The van der Waals surface area contributed by atoms with E-state index in [0.717, 1.165) is 37.2 Å². The molecule has 2 N–H and O–H groups in total. The summed E-state index contributed by atoms with van der Waals surface area (Å²) in [5.41, 5.74) is 2.75. The third-order valence-electron chi connectivity index (χ3n) is 6.48. The molecule has 2 rings (SSSR count). The Morgan fingerprint density at radius 3 is 2.29 bits per heavy atom. The standard InChI is InChI=1S/C24H37ClN4O2/c1-7-28(6)19-9-11-20(12-10-19)29(8-2)22-14-18(25)13-21(17(22)4)24(31)27-15-16(3)23(30)26-5/h13-14,19-20H,3,7-12,15H2,1-2,4-6H3,(H,26,30)(H,27,31). The lowest BCUT2D eigenvalue weighted by molar-refractivity contribution is -0.117. The van der Waals surface area contributed by atoms with Crippen LogP contribution in [0.15, 0.2) is 24.3 Å². The molecular weight excluding hydrogens is 412 g/mol. The van der Waals surface area contributed by atoms with Crippen LogP contribution in [0.1, 0.15) is 55.5 Å². The van der Waals surface area contributed by atoms with E-state index < -0.39 is 0 Å². The third kappa shape index (κ3) is 6.23. The molecule has 6 nitrogen and oxygen atoms in total. The first kappa shape index (κ1) is 25.2. The van der Waals surface area contributed by atoms with Crippen molar-refractivity contribution in [2.45, 2.75) is 58.5 Å². The maximum Gasteiger partial charge on any atom is 0.251 e. The molecule has 0 aromatic heterocycles. The zero-order valence-corrected chi connectivity index (χ0v) is 20.3. The van der Waals surface area contributed by atoms with Crippen LogP contribution in [0, 0.1) is 6.92 Å². The highest BCUT2D eigenvalue weighted by atomic mass is 35.5. The van der Waals surface area contributed by atoms with Crippen molar-refractivity contribution < 1.29 is 9.59 Å². The normalized spacial score (nSPS) is 18.5.